The Balaban J connectivity index is 1.54. The van der Waals surface area contributed by atoms with Crippen molar-refractivity contribution < 1.29 is 5.11 Å². The zero-order valence-corrected chi connectivity index (χ0v) is 20.9. The minimum Gasteiger partial charge on any atom is -0.387 e. The smallest absolute Gasteiger partial charge is 0.223 e. The van der Waals surface area contributed by atoms with Gasteiger partial charge in [0, 0.05) is 18.3 Å². The van der Waals surface area contributed by atoms with Gasteiger partial charge in [-0.3, -0.25) is 4.40 Å². The highest BCUT2D eigenvalue weighted by atomic mass is 35.5. The molecule has 9 heteroatoms. The molecule has 0 aliphatic rings. The van der Waals surface area contributed by atoms with Crippen LogP contribution in [0.1, 0.15) is 56.5 Å². The van der Waals surface area contributed by atoms with Gasteiger partial charge in [0.25, 0.3) is 0 Å². The molecule has 35 heavy (non-hydrogen) atoms. The number of imidazole rings is 1. The van der Waals surface area contributed by atoms with Crippen LogP contribution in [0.3, 0.4) is 0 Å². The number of aliphatic hydroxyl groups is 1. The number of rotatable bonds is 7. The maximum atomic E-state index is 10.5. The fourth-order valence-corrected chi connectivity index (χ4v) is 3.90. The third-order valence-corrected chi connectivity index (χ3v) is 5.93. The maximum absolute atomic E-state index is 10.5. The topological polar surface area (TPSA) is 111 Å². The van der Waals surface area contributed by atoms with Gasteiger partial charge in [0.1, 0.15) is 11.8 Å². The molecule has 180 valence electrons. The molecule has 2 atom stereocenters. The average molecular weight is 490 g/mol. The van der Waals surface area contributed by atoms with Gasteiger partial charge in [-0.2, -0.15) is 5.26 Å². The third-order valence-electron chi connectivity index (χ3n) is 5.63. The zero-order chi connectivity index (χ0) is 25.2. The average Bonchev–Trinajstić information content (AvgIpc) is 3.27. The predicted molar refractivity (Wildman–Crippen MR) is 137 cm³/mol. The van der Waals surface area contributed by atoms with Gasteiger partial charge >= 0.3 is 0 Å². The molecule has 0 aliphatic heterocycles. The molecule has 0 saturated heterocycles. The van der Waals surface area contributed by atoms with Crippen molar-refractivity contribution >= 4 is 23.2 Å². The van der Waals surface area contributed by atoms with Crippen molar-refractivity contribution in [3.8, 4) is 17.5 Å². The van der Waals surface area contributed by atoms with E-state index in [1.165, 1.54) is 6.20 Å². The summed E-state index contributed by atoms with van der Waals surface area (Å²) in [6.07, 6.45) is 4.39. The van der Waals surface area contributed by atoms with Crippen LogP contribution in [0, 0.1) is 11.3 Å². The number of aromatic nitrogens is 4. The van der Waals surface area contributed by atoms with Crippen LogP contribution < -0.4 is 10.6 Å². The molecule has 0 spiro atoms. The van der Waals surface area contributed by atoms with E-state index >= 15 is 0 Å². The molecule has 0 saturated carbocycles. The van der Waals surface area contributed by atoms with Crippen molar-refractivity contribution in [2.75, 3.05) is 11.9 Å². The number of hydrogen-bond acceptors (Lipinski definition) is 7. The van der Waals surface area contributed by atoms with Crippen LogP contribution in [0.25, 0.3) is 17.0 Å². The summed E-state index contributed by atoms with van der Waals surface area (Å²) in [7, 11) is 0. The summed E-state index contributed by atoms with van der Waals surface area (Å²) in [5.41, 5.74) is 3.86. The number of nitrogens with one attached hydrogen (secondary N) is 2. The Morgan fingerprint density at radius 2 is 1.83 bits per heavy atom. The van der Waals surface area contributed by atoms with Gasteiger partial charge in [-0.1, -0.05) is 35.9 Å². The maximum Gasteiger partial charge on any atom is 0.223 e. The van der Waals surface area contributed by atoms with E-state index in [0.29, 0.717) is 40.1 Å². The van der Waals surface area contributed by atoms with E-state index in [1.807, 2.05) is 43.5 Å². The van der Waals surface area contributed by atoms with Gasteiger partial charge < -0.3 is 15.7 Å². The number of fused-ring (bicyclic) bond motifs is 1. The highest BCUT2D eigenvalue weighted by Gasteiger charge is 2.17. The Kier molecular flexibility index (Phi) is 7.03. The van der Waals surface area contributed by atoms with Crippen molar-refractivity contribution in [2.24, 2.45) is 0 Å². The summed E-state index contributed by atoms with van der Waals surface area (Å²) in [4.78, 5) is 13.3. The van der Waals surface area contributed by atoms with E-state index in [1.54, 1.807) is 16.7 Å². The van der Waals surface area contributed by atoms with E-state index < -0.39 is 6.10 Å². The highest BCUT2D eigenvalue weighted by Crippen LogP contribution is 2.27. The minimum atomic E-state index is -0.588. The fourth-order valence-electron chi connectivity index (χ4n) is 3.68. The number of anilines is 1. The van der Waals surface area contributed by atoms with Gasteiger partial charge in [-0.25, -0.2) is 15.0 Å². The molecule has 0 radical (unpaired) electrons. The summed E-state index contributed by atoms with van der Waals surface area (Å²) in [6.45, 7) is 8.68. The van der Waals surface area contributed by atoms with E-state index in [2.05, 4.69) is 52.4 Å². The van der Waals surface area contributed by atoms with Crippen molar-refractivity contribution in [1.82, 2.24) is 24.7 Å². The summed E-state index contributed by atoms with van der Waals surface area (Å²) < 4.78 is 1.80. The molecule has 8 nitrogen and oxygen atoms in total. The second-order valence-electron chi connectivity index (χ2n) is 9.44. The molecule has 3 N–H and O–H groups in total. The number of hydrogen-bond donors (Lipinski definition) is 3. The summed E-state index contributed by atoms with van der Waals surface area (Å²) >= 11 is 6.25. The molecule has 0 aliphatic carbocycles. The van der Waals surface area contributed by atoms with Crippen LogP contribution >= 0.6 is 11.6 Å². The normalized spacial score (nSPS) is 13.4. The summed E-state index contributed by atoms with van der Waals surface area (Å²) in [5, 5.41) is 27.2. The monoisotopic (exact) mass is 489 g/mol. The van der Waals surface area contributed by atoms with Crippen molar-refractivity contribution in [3.63, 3.8) is 0 Å². The lowest BCUT2D eigenvalue weighted by atomic mass is 10.0. The van der Waals surface area contributed by atoms with Gasteiger partial charge in [0.15, 0.2) is 5.65 Å². The zero-order valence-electron chi connectivity index (χ0n) is 20.1. The van der Waals surface area contributed by atoms with Crippen LogP contribution in [0.5, 0.6) is 0 Å². The van der Waals surface area contributed by atoms with Gasteiger partial charge in [0.2, 0.25) is 5.95 Å². The van der Waals surface area contributed by atoms with Gasteiger partial charge in [-0.15, -0.1) is 0 Å². The first-order valence-electron chi connectivity index (χ1n) is 11.3. The number of nitriles is 1. The number of β-amino-alcohol motifs (C(OH)–C–C–N with tert-alkyl or cyclic N) is 1. The highest BCUT2D eigenvalue weighted by molar-refractivity contribution is 6.33. The molecule has 0 unspecified atom stereocenters. The summed E-state index contributed by atoms with van der Waals surface area (Å²) in [6, 6.07) is 13.4. The first-order chi connectivity index (χ1) is 16.7. The number of pyridine rings is 1. The van der Waals surface area contributed by atoms with Crippen LogP contribution in [0.2, 0.25) is 5.02 Å². The molecular formula is C26H28ClN7O. The van der Waals surface area contributed by atoms with Crippen LogP contribution in [0.4, 0.5) is 5.95 Å². The van der Waals surface area contributed by atoms with Crippen LogP contribution in [0.15, 0.2) is 55.0 Å². The SMILES string of the molecule is C[C@H](Nc1ncc(C#N)c(-c2cnc3c(Cl)cccn23)n1)c1ccc([C@H](O)CNC(C)(C)C)cc1. The number of aliphatic hydroxyl groups excluding tert-OH is 1. The van der Waals surface area contributed by atoms with Crippen molar-refractivity contribution in [1.29, 1.82) is 5.26 Å². The van der Waals surface area contributed by atoms with E-state index in [0.717, 1.165) is 11.1 Å². The largest absolute Gasteiger partial charge is 0.387 e. The Labute approximate surface area is 209 Å². The lowest BCUT2D eigenvalue weighted by Gasteiger charge is -2.23. The molecule has 3 heterocycles. The molecule has 0 bridgehead atoms. The molecule has 3 aromatic heterocycles. The lowest BCUT2D eigenvalue weighted by molar-refractivity contribution is 0.163. The number of halogens is 1. The molecule has 0 amide bonds. The molecule has 4 aromatic rings. The second-order valence-corrected chi connectivity index (χ2v) is 9.85. The first kappa shape index (κ1) is 24.6. The quantitative estimate of drug-likeness (QED) is 0.338. The van der Waals surface area contributed by atoms with Gasteiger partial charge in [-0.05, 0) is 51.0 Å². The standard InChI is InChI=1S/C26H28ClN7O/c1-16(17-7-9-18(10-8-17)22(35)15-31-26(2,3)4)32-25-30-13-19(12-28)23(33-25)21-14-29-24-20(27)6-5-11-34(21)24/h5-11,13-14,16,22,31,35H,15H2,1-4H3,(H,30,32,33)/t16-,22+/m0/s1. The fraction of sp³-hybridized carbons (Fsp3) is 0.308. The van der Waals surface area contributed by atoms with Crippen molar-refractivity contribution in [3.05, 3.63) is 76.7 Å². The van der Waals surface area contributed by atoms with E-state index in [9.17, 15) is 10.4 Å². The minimum absolute atomic E-state index is 0.0607. The van der Waals surface area contributed by atoms with Crippen molar-refractivity contribution in [2.45, 2.75) is 45.4 Å². The molecule has 1 aromatic carbocycles. The molecule has 0 fully saturated rings. The Hall–Kier alpha value is -3.51. The number of nitrogens with zero attached hydrogens (tertiary/aromatic N) is 5. The lowest BCUT2D eigenvalue weighted by Crippen LogP contribution is -2.38. The van der Waals surface area contributed by atoms with Crippen LogP contribution in [-0.4, -0.2) is 36.5 Å². The van der Waals surface area contributed by atoms with Crippen LogP contribution in [-0.2, 0) is 0 Å². The molecule has 4 rings (SSSR count). The first-order valence-corrected chi connectivity index (χ1v) is 11.7. The Morgan fingerprint density at radius 1 is 1.11 bits per heavy atom. The van der Waals surface area contributed by atoms with E-state index in [-0.39, 0.29) is 11.6 Å². The summed E-state index contributed by atoms with van der Waals surface area (Å²) in [5.74, 6) is 0.391. The van der Waals surface area contributed by atoms with E-state index in [4.69, 9.17) is 11.6 Å². The second kappa shape index (κ2) is 10.0. The third kappa shape index (κ3) is 5.60. The molecular weight excluding hydrogens is 462 g/mol. The Morgan fingerprint density at radius 3 is 2.51 bits per heavy atom. The van der Waals surface area contributed by atoms with Gasteiger partial charge in [0.05, 0.1) is 40.8 Å². The Bertz CT molecular complexity index is 1370. The number of benzene rings is 1. The predicted octanol–water partition coefficient (Wildman–Crippen LogP) is 4.91.